The molecule has 0 saturated carbocycles. The Morgan fingerprint density at radius 3 is 2.50 bits per heavy atom. The van der Waals surface area contributed by atoms with E-state index in [1.54, 1.807) is 32.2 Å². The van der Waals surface area contributed by atoms with Crippen LogP contribution in [0.15, 0.2) is 53.8 Å². The Morgan fingerprint density at radius 1 is 1.34 bits per heavy atom. The number of rotatable bonds is 11. The number of halogens is 1. The standard InChI is InChI=1S/C20H28FN5O2.C3H8O/c1-5-8-18(22-4)14-25(15-19-9-6-7-11-23-19)12-10-16(2)13-26(21)20(28)24-17(3)27;1-3(2)4/h5-9,11,16H,1,4,10,12-15H2,2-3H3,(H,24,27,28);3-4H,1-2H3/b18-8-;. The number of aliphatic hydroxyl groups excluding tert-OH is 1. The third kappa shape index (κ3) is 15.0. The van der Waals surface area contributed by atoms with E-state index in [4.69, 9.17) is 5.11 Å². The fraction of sp³-hybridized carbons (Fsp3) is 0.478. The zero-order chi connectivity index (χ0) is 24.5. The van der Waals surface area contributed by atoms with Gasteiger partial charge in [0, 0.05) is 32.3 Å². The summed E-state index contributed by atoms with van der Waals surface area (Å²) in [4.78, 5) is 32.8. The molecule has 0 aliphatic rings. The second-order valence-corrected chi connectivity index (χ2v) is 7.60. The van der Waals surface area contributed by atoms with Gasteiger partial charge in [-0.2, -0.15) is 5.12 Å². The molecular formula is C23H36FN5O3. The van der Waals surface area contributed by atoms with Crippen molar-refractivity contribution >= 4 is 18.7 Å². The molecule has 9 heteroatoms. The molecule has 8 nitrogen and oxygen atoms in total. The van der Waals surface area contributed by atoms with Gasteiger partial charge >= 0.3 is 6.03 Å². The zero-order valence-electron chi connectivity index (χ0n) is 19.5. The second-order valence-electron chi connectivity index (χ2n) is 7.60. The molecule has 1 atom stereocenters. The SMILES string of the molecule is C=C/C=C(/CN(CCC(C)CN(F)C(=O)NC(C)=O)Cc1ccccn1)N=C.CC(C)O. The lowest BCUT2D eigenvalue weighted by Crippen LogP contribution is -2.39. The molecule has 178 valence electrons. The van der Waals surface area contributed by atoms with Crippen LogP contribution in [0.1, 0.15) is 39.8 Å². The van der Waals surface area contributed by atoms with Crippen LogP contribution in [0.3, 0.4) is 0 Å². The Kier molecular flexibility index (Phi) is 15.2. The van der Waals surface area contributed by atoms with E-state index < -0.39 is 11.9 Å². The van der Waals surface area contributed by atoms with Crippen molar-refractivity contribution in [2.75, 3.05) is 19.6 Å². The number of allylic oxidation sites excluding steroid dienone is 2. The lowest BCUT2D eigenvalue weighted by molar-refractivity contribution is -0.118. The van der Waals surface area contributed by atoms with Gasteiger partial charge in [0.2, 0.25) is 5.91 Å². The highest BCUT2D eigenvalue weighted by Crippen LogP contribution is 2.12. The van der Waals surface area contributed by atoms with Gasteiger partial charge in [0.15, 0.2) is 0 Å². The molecule has 1 aromatic heterocycles. The minimum Gasteiger partial charge on any atom is -0.394 e. The Labute approximate surface area is 190 Å². The quantitative estimate of drug-likeness (QED) is 0.306. The molecule has 1 rings (SSSR count). The lowest BCUT2D eigenvalue weighted by Gasteiger charge is -2.24. The number of carbonyl (C=O) groups excluding carboxylic acids is 2. The molecule has 0 fully saturated rings. The minimum atomic E-state index is -1.04. The summed E-state index contributed by atoms with van der Waals surface area (Å²) in [6, 6.07) is 4.66. The van der Waals surface area contributed by atoms with Gasteiger partial charge in [0.25, 0.3) is 0 Å². The van der Waals surface area contributed by atoms with E-state index in [0.29, 0.717) is 26.1 Å². The van der Waals surface area contributed by atoms with Gasteiger partial charge in [-0.25, -0.2) is 4.79 Å². The van der Waals surface area contributed by atoms with Crippen LogP contribution in [0.5, 0.6) is 0 Å². The van der Waals surface area contributed by atoms with E-state index in [0.717, 1.165) is 18.3 Å². The summed E-state index contributed by atoms with van der Waals surface area (Å²) in [7, 11) is 0. The molecule has 0 radical (unpaired) electrons. The first-order valence-corrected chi connectivity index (χ1v) is 10.4. The Hall–Kier alpha value is -2.91. The fourth-order valence-electron chi connectivity index (χ4n) is 2.52. The number of pyridine rings is 1. The molecule has 0 saturated heterocycles. The van der Waals surface area contributed by atoms with Crippen molar-refractivity contribution in [1.82, 2.24) is 20.3 Å². The molecule has 3 amide bonds. The van der Waals surface area contributed by atoms with E-state index in [1.807, 2.05) is 30.4 Å². The number of hydrogen-bond donors (Lipinski definition) is 2. The van der Waals surface area contributed by atoms with E-state index in [9.17, 15) is 14.1 Å². The Balaban J connectivity index is 0.00000220. The number of urea groups is 1. The predicted molar refractivity (Wildman–Crippen MR) is 126 cm³/mol. The number of hydrogen-bond acceptors (Lipinski definition) is 6. The summed E-state index contributed by atoms with van der Waals surface area (Å²) in [5.74, 6) is -0.710. The molecule has 1 unspecified atom stereocenters. The van der Waals surface area contributed by atoms with Crippen molar-refractivity contribution in [2.24, 2.45) is 10.9 Å². The Morgan fingerprint density at radius 2 is 2.00 bits per heavy atom. The first-order valence-electron chi connectivity index (χ1n) is 10.4. The van der Waals surface area contributed by atoms with E-state index >= 15 is 0 Å². The molecule has 32 heavy (non-hydrogen) atoms. The number of amides is 3. The minimum absolute atomic E-state index is 0.0312. The zero-order valence-corrected chi connectivity index (χ0v) is 19.5. The van der Waals surface area contributed by atoms with Crippen LogP contribution in [0.4, 0.5) is 9.28 Å². The van der Waals surface area contributed by atoms with Gasteiger partial charge in [0.05, 0.1) is 17.9 Å². The number of imide groups is 1. The third-order valence-electron chi connectivity index (χ3n) is 3.92. The van der Waals surface area contributed by atoms with Gasteiger partial charge in [-0.15, -0.1) is 0 Å². The van der Waals surface area contributed by atoms with E-state index in [2.05, 4.69) is 28.2 Å². The topological polar surface area (TPSA) is 98.1 Å². The molecule has 0 aliphatic carbocycles. The normalized spacial score (nSPS) is 11.9. The van der Waals surface area contributed by atoms with Gasteiger partial charge in [-0.3, -0.25) is 25.0 Å². The van der Waals surface area contributed by atoms with Gasteiger partial charge in [-0.05, 0) is 57.7 Å². The molecule has 0 bridgehead atoms. The number of nitrogens with zero attached hydrogens (tertiary/aromatic N) is 4. The molecule has 0 aliphatic heterocycles. The highest BCUT2D eigenvalue weighted by Gasteiger charge is 2.18. The summed E-state index contributed by atoms with van der Waals surface area (Å²) < 4.78 is 13.8. The van der Waals surface area contributed by atoms with Crippen LogP contribution in [0, 0.1) is 5.92 Å². The van der Waals surface area contributed by atoms with E-state index in [1.165, 1.54) is 0 Å². The lowest BCUT2D eigenvalue weighted by atomic mass is 10.1. The number of aliphatic hydroxyl groups is 1. The largest absolute Gasteiger partial charge is 0.394 e. The third-order valence-corrected chi connectivity index (χ3v) is 3.92. The first-order chi connectivity index (χ1) is 15.1. The van der Waals surface area contributed by atoms with Crippen molar-refractivity contribution in [2.45, 2.75) is 46.8 Å². The molecule has 0 aromatic carbocycles. The first kappa shape index (κ1) is 29.1. The maximum absolute atomic E-state index is 13.8. The fourth-order valence-corrected chi connectivity index (χ4v) is 2.52. The molecule has 1 heterocycles. The molecule has 0 spiro atoms. The van der Waals surface area contributed by atoms with Crippen LogP contribution >= 0.6 is 0 Å². The van der Waals surface area contributed by atoms with Crippen molar-refractivity contribution < 1.29 is 19.2 Å². The number of aromatic nitrogens is 1. The summed E-state index contributed by atoms with van der Waals surface area (Å²) in [5, 5.41) is 10.00. The predicted octanol–water partition coefficient (Wildman–Crippen LogP) is 3.51. The van der Waals surface area contributed by atoms with Gasteiger partial charge < -0.3 is 5.11 Å². The summed E-state index contributed by atoms with van der Waals surface area (Å²) in [5.41, 5.74) is 1.68. The van der Waals surface area contributed by atoms with Crippen LogP contribution < -0.4 is 5.32 Å². The maximum Gasteiger partial charge on any atom is 0.352 e. The number of aliphatic imine (C=N–C) groups is 1. The van der Waals surface area contributed by atoms with E-state index in [-0.39, 0.29) is 23.7 Å². The summed E-state index contributed by atoms with van der Waals surface area (Å²) in [6.45, 7) is 15.4. The smallest absolute Gasteiger partial charge is 0.352 e. The number of carbonyl (C=O) groups is 2. The molecular weight excluding hydrogens is 413 g/mol. The van der Waals surface area contributed by atoms with Crippen LogP contribution in [-0.4, -0.2) is 64.5 Å². The van der Waals surface area contributed by atoms with Crippen LogP contribution in [0.25, 0.3) is 0 Å². The average Bonchev–Trinajstić information content (AvgIpc) is 2.71. The Bertz CT molecular complexity index is 738. The average molecular weight is 450 g/mol. The number of nitrogens with one attached hydrogen (secondary N) is 1. The van der Waals surface area contributed by atoms with Crippen LogP contribution in [-0.2, 0) is 11.3 Å². The molecule has 1 aromatic rings. The van der Waals surface area contributed by atoms with Crippen molar-refractivity contribution in [3.05, 3.63) is 54.5 Å². The maximum atomic E-state index is 13.8. The highest BCUT2D eigenvalue weighted by molar-refractivity contribution is 5.92. The molecule has 2 N–H and O–H groups in total. The summed E-state index contributed by atoms with van der Waals surface area (Å²) >= 11 is 0. The van der Waals surface area contributed by atoms with Crippen LogP contribution in [0.2, 0.25) is 0 Å². The van der Waals surface area contributed by atoms with Gasteiger partial charge in [-0.1, -0.05) is 30.1 Å². The second kappa shape index (κ2) is 16.7. The summed E-state index contributed by atoms with van der Waals surface area (Å²) in [6.07, 6.45) is 5.65. The van der Waals surface area contributed by atoms with Crippen molar-refractivity contribution in [3.8, 4) is 0 Å². The van der Waals surface area contributed by atoms with Gasteiger partial charge in [0.1, 0.15) is 0 Å². The van der Waals surface area contributed by atoms with Crippen molar-refractivity contribution in [3.63, 3.8) is 0 Å². The monoisotopic (exact) mass is 449 g/mol. The highest BCUT2D eigenvalue weighted by atomic mass is 19.2. The van der Waals surface area contributed by atoms with Crippen molar-refractivity contribution in [1.29, 1.82) is 0 Å².